The average Bonchev–Trinajstić information content (AvgIpc) is 2.45. The molecule has 1 N–H and O–H groups in total. The molecule has 21 heavy (non-hydrogen) atoms. The number of nitrogens with one attached hydrogen (secondary N) is 1. The van der Waals surface area contributed by atoms with E-state index < -0.39 is 10.0 Å². The molecule has 0 amide bonds. The van der Waals surface area contributed by atoms with E-state index in [0.29, 0.717) is 10.5 Å². The lowest BCUT2D eigenvalue weighted by Crippen LogP contribution is -2.24. The summed E-state index contributed by atoms with van der Waals surface area (Å²) >= 11 is 0. The van der Waals surface area contributed by atoms with Gasteiger partial charge in [-0.2, -0.15) is 5.26 Å². The first kappa shape index (κ1) is 15.2. The summed E-state index contributed by atoms with van der Waals surface area (Å²) in [7, 11) is -3.54. The third kappa shape index (κ3) is 3.69. The summed E-state index contributed by atoms with van der Waals surface area (Å²) in [5.74, 6) is 0. The summed E-state index contributed by atoms with van der Waals surface area (Å²) in [6, 6.07) is 14.1. The molecule has 0 spiro atoms. The van der Waals surface area contributed by atoms with Gasteiger partial charge in [0.1, 0.15) is 0 Å². The van der Waals surface area contributed by atoms with E-state index in [1.54, 1.807) is 43.3 Å². The molecule has 0 radical (unpaired) electrons. The summed E-state index contributed by atoms with van der Waals surface area (Å²) in [4.78, 5) is 0.293. The average molecular weight is 300 g/mol. The summed E-state index contributed by atoms with van der Waals surface area (Å²) in [6.07, 6.45) is 0. The quantitative estimate of drug-likeness (QED) is 0.943. The third-order valence-electron chi connectivity index (χ3n) is 3.17. The number of rotatable bonds is 4. The van der Waals surface area contributed by atoms with Crippen LogP contribution in [0.4, 0.5) is 0 Å². The molecule has 5 heteroatoms. The Bertz CT molecular complexity index is 788. The van der Waals surface area contributed by atoms with Crippen LogP contribution in [0, 0.1) is 25.2 Å². The molecular formula is C16H16N2O2S. The molecule has 2 rings (SSSR count). The highest BCUT2D eigenvalue weighted by atomic mass is 32.2. The Labute approximate surface area is 125 Å². The third-order valence-corrected chi connectivity index (χ3v) is 4.73. The largest absolute Gasteiger partial charge is 0.241 e. The van der Waals surface area contributed by atoms with Crippen molar-refractivity contribution in [3.63, 3.8) is 0 Å². The van der Waals surface area contributed by atoms with Gasteiger partial charge in [0.2, 0.25) is 10.0 Å². The fourth-order valence-electron chi connectivity index (χ4n) is 2.05. The van der Waals surface area contributed by atoms with Crippen molar-refractivity contribution >= 4 is 10.0 Å². The van der Waals surface area contributed by atoms with Crippen LogP contribution in [0.1, 0.15) is 22.3 Å². The molecule has 0 unspecified atom stereocenters. The normalized spacial score (nSPS) is 11.1. The summed E-state index contributed by atoms with van der Waals surface area (Å²) in [5, 5.41) is 8.73. The Morgan fingerprint density at radius 2 is 1.76 bits per heavy atom. The molecule has 0 fully saturated rings. The van der Waals surface area contributed by atoms with Crippen molar-refractivity contribution < 1.29 is 8.42 Å². The first-order valence-electron chi connectivity index (χ1n) is 6.48. The highest BCUT2D eigenvalue weighted by Gasteiger charge is 2.16. The first-order valence-corrected chi connectivity index (χ1v) is 7.96. The number of hydrogen-bond acceptors (Lipinski definition) is 3. The molecule has 0 saturated heterocycles. The van der Waals surface area contributed by atoms with Crippen molar-refractivity contribution in [1.29, 1.82) is 5.26 Å². The van der Waals surface area contributed by atoms with E-state index in [-0.39, 0.29) is 6.54 Å². The summed E-state index contributed by atoms with van der Waals surface area (Å²) < 4.78 is 27.2. The minimum atomic E-state index is -3.54. The van der Waals surface area contributed by atoms with Crippen molar-refractivity contribution in [2.75, 3.05) is 0 Å². The lowest BCUT2D eigenvalue weighted by molar-refractivity contribution is 0.580. The highest BCUT2D eigenvalue weighted by molar-refractivity contribution is 7.89. The van der Waals surface area contributed by atoms with E-state index in [9.17, 15) is 8.42 Å². The number of nitriles is 1. The topological polar surface area (TPSA) is 70.0 Å². The van der Waals surface area contributed by atoms with Crippen molar-refractivity contribution in [3.05, 3.63) is 64.7 Å². The van der Waals surface area contributed by atoms with Gasteiger partial charge in [-0.3, -0.25) is 0 Å². The minimum Gasteiger partial charge on any atom is -0.207 e. The second kappa shape index (κ2) is 6.08. The summed E-state index contributed by atoms with van der Waals surface area (Å²) in [6.45, 7) is 3.90. The Morgan fingerprint density at radius 3 is 2.33 bits per heavy atom. The van der Waals surface area contributed by atoms with Crippen LogP contribution in [-0.2, 0) is 16.6 Å². The van der Waals surface area contributed by atoms with Gasteiger partial charge in [0.15, 0.2) is 0 Å². The lowest BCUT2D eigenvalue weighted by atomic mass is 10.1. The van der Waals surface area contributed by atoms with Crippen LogP contribution in [0.2, 0.25) is 0 Å². The van der Waals surface area contributed by atoms with E-state index in [1.807, 2.05) is 19.1 Å². The Balaban J connectivity index is 2.16. The van der Waals surface area contributed by atoms with Crippen LogP contribution in [0.25, 0.3) is 0 Å². The molecule has 108 valence electrons. The molecule has 0 bridgehead atoms. The van der Waals surface area contributed by atoms with Gasteiger partial charge in [-0.05, 0) is 43.2 Å². The van der Waals surface area contributed by atoms with Gasteiger partial charge in [0.05, 0.1) is 16.5 Å². The molecule has 0 aliphatic carbocycles. The minimum absolute atomic E-state index is 0.196. The number of sulfonamides is 1. The van der Waals surface area contributed by atoms with Crippen molar-refractivity contribution in [2.24, 2.45) is 0 Å². The summed E-state index contributed by atoms with van der Waals surface area (Å²) in [5.41, 5.74) is 3.11. The number of aryl methyl sites for hydroxylation is 2. The Kier molecular flexibility index (Phi) is 4.41. The lowest BCUT2D eigenvalue weighted by Gasteiger charge is -2.10. The molecular weight excluding hydrogens is 284 g/mol. The van der Waals surface area contributed by atoms with Crippen LogP contribution >= 0.6 is 0 Å². The molecule has 0 saturated carbocycles. The molecule has 4 nitrogen and oxygen atoms in total. The van der Waals surface area contributed by atoms with Gasteiger partial charge >= 0.3 is 0 Å². The second-order valence-corrected chi connectivity index (χ2v) is 6.64. The Morgan fingerprint density at radius 1 is 1.10 bits per heavy atom. The van der Waals surface area contributed by atoms with E-state index in [2.05, 4.69) is 4.72 Å². The fourth-order valence-corrected chi connectivity index (χ4v) is 3.30. The van der Waals surface area contributed by atoms with E-state index in [1.165, 1.54) is 0 Å². The van der Waals surface area contributed by atoms with Gasteiger partial charge in [-0.25, -0.2) is 13.1 Å². The first-order chi connectivity index (χ1) is 9.92. The van der Waals surface area contributed by atoms with Gasteiger partial charge in [0.25, 0.3) is 0 Å². The van der Waals surface area contributed by atoms with E-state index in [4.69, 9.17) is 5.26 Å². The van der Waals surface area contributed by atoms with Gasteiger partial charge < -0.3 is 0 Å². The van der Waals surface area contributed by atoms with Crippen molar-refractivity contribution in [2.45, 2.75) is 25.3 Å². The number of nitrogens with zero attached hydrogens (tertiary/aromatic N) is 1. The number of benzene rings is 2. The molecule has 0 aliphatic heterocycles. The van der Waals surface area contributed by atoms with Crippen molar-refractivity contribution in [3.8, 4) is 6.07 Å². The highest BCUT2D eigenvalue weighted by Crippen LogP contribution is 2.16. The number of hydrogen-bond donors (Lipinski definition) is 1. The molecule has 0 heterocycles. The second-order valence-electron chi connectivity index (χ2n) is 4.90. The molecule has 0 aliphatic rings. The zero-order valence-corrected chi connectivity index (χ0v) is 12.7. The Hall–Kier alpha value is -2.16. The van der Waals surface area contributed by atoms with Gasteiger partial charge in [-0.1, -0.05) is 29.8 Å². The predicted octanol–water partition coefficient (Wildman–Crippen LogP) is 2.65. The van der Waals surface area contributed by atoms with Crippen LogP contribution in [0.5, 0.6) is 0 Å². The van der Waals surface area contributed by atoms with Crippen LogP contribution in [0.3, 0.4) is 0 Å². The maximum absolute atomic E-state index is 12.3. The van der Waals surface area contributed by atoms with E-state index in [0.717, 1.165) is 16.7 Å². The predicted molar refractivity (Wildman–Crippen MR) is 81.1 cm³/mol. The van der Waals surface area contributed by atoms with Crippen molar-refractivity contribution in [1.82, 2.24) is 4.72 Å². The van der Waals surface area contributed by atoms with Crippen LogP contribution in [-0.4, -0.2) is 8.42 Å². The van der Waals surface area contributed by atoms with Crippen LogP contribution in [0.15, 0.2) is 47.4 Å². The zero-order chi connectivity index (χ0) is 15.5. The maximum atomic E-state index is 12.3. The fraction of sp³-hybridized carbons (Fsp3) is 0.188. The maximum Gasteiger partial charge on any atom is 0.241 e. The van der Waals surface area contributed by atoms with E-state index >= 15 is 0 Å². The molecule has 0 aromatic heterocycles. The molecule has 0 atom stereocenters. The molecule has 2 aromatic rings. The molecule has 2 aromatic carbocycles. The monoisotopic (exact) mass is 300 g/mol. The van der Waals surface area contributed by atoms with Gasteiger partial charge in [-0.15, -0.1) is 0 Å². The smallest absolute Gasteiger partial charge is 0.207 e. The van der Waals surface area contributed by atoms with Crippen LogP contribution < -0.4 is 4.72 Å². The SMILES string of the molecule is Cc1ccc(S(=O)(=O)NCc2ccc(C#N)cc2)c(C)c1. The van der Waals surface area contributed by atoms with Gasteiger partial charge in [0, 0.05) is 6.54 Å². The standard InChI is InChI=1S/C16H16N2O2S/c1-12-3-8-16(13(2)9-12)21(19,20)18-11-15-6-4-14(10-17)5-7-15/h3-9,18H,11H2,1-2H3. The zero-order valence-electron chi connectivity index (χ0n) is 11.9.